The second kappa shape index (κ2) is 5.96. The molecule has 0 saturated heterocycles. The minimum Gasteiger partial charge on any atom is -0.368 e. The van der Waals surface area contributed by atoms with Crippen molar-refractivity contribution in [2.45, 2.75) is 6.04 Å². The molecular formula is C18H17N3O2. The molecule has 3 rings (SSSR count). The molecule has 0 fully saturated rings. The average molecular weight is 307 g/mol. The number of benzene rings is 2. The Labute approximate surface area is 133 Å². The van der Waals surface area contributed by atoms with Gasteiger partial charge in [-0.2, -0.15) is 0 Å². The quantitative estimate of drug-likeness (QED) is 0.774. The Morgan fingerprint density at radius 3 is 2.39 bits per heavy atom. The molecular weight excluding hydrogens is 290 g/mol. The Morgan fingerprint density at radius 2 is 1.70 bits per heavy atom. The van der Waals surface area contributed by atoms with Crippen molar-refractivity contribution in [3.8, 4) is 0 Å². The second-order valence-corrected chi connectivity index (χ2v) is 5.39. The van der Waals surface area contributed by atoms with Crippen molar-refractivity contribution in [1.82, 2.24) is 9.88 Å². The number of rotatable bonds is 4. The van der Waals surface area contributed by atoms with Gasteiger partial charge in [-0.1, -0.05) is 48.5 Å². The highest BCUT2D eigenvalue weighted by atomic mass is 16.2. The van der Waals surface area contributed by atoms with Crippen molar-refractivity contribution in [3.05, 3.63) is 71.9 Å². The van der Waals surface area contributed by atoms with Gasteiger partial charge in [-0.25, -0.2) is 0 Å². The fourth-order valence-electron chi connectivity index (χ4n) is 2.70. The molecule has 0 spiro atoms. The maximum atomic E-state index is 12.6. The third kappa shape index (κ3) is 2.81. The van der Waals surface area contributed by atoms with Crippen LogP contribution in [0.1, 0.15) is 22.0 Å². The van der Waals surface area contributed by atoms with Crippen molar-refractivity contribution in [2.24, 2.45) is 12.8 Å². The number of aromatic nitrogens is 1. The van der Waals surface area contributed by atoms with E-state index in [9.17, 15) is 9.59 Å². The summed E-state index contributed by atoms with van der Waals surface area (Å²) in [6.07, 6.45) is 1.75. The fourth-order valence-corrected chi connectivity index (χ4v) is 2.70. The largest absolute Gasteiger partial charge is 0.368 e. The van der Waals surface area contributed by atoms with Crippen molar-refractivity contribution in [1.29, 1.82) is 0 Å². The van der Waals surface area contributed by atoms with E-state index in [0.717, 1.165) is 10.9 Å². The predicted molar refractivity (Wildman–Crippen MR) is 88.8 cm³/mol. The van der Waals surface area contributed by atoms with E-state index >= 15 is 0 Å². The number of carbonyl (C=O) groups is 2. The number of aryl methyl sites for hydroxylation is 1. The van der Waals surface area contributed by atoms with Gasteiger partial charge in [0.1, 0.15) is 6.04 Å². The summed E-state index contributed by atoms with van der Waals surface area (Å²) in [5.74, 6) is -0.917. The van der Waals surface area contributed by atoms with Gasteiger partial charge in [0.15, 0.2) is 0 Å². The van der Waals surface area contributed by atoms with Gasteiger partial charge in [-0.15, -0.1) is 0 Å². The van der Waals surface area contributed by atoms with Crippen LogP contribution in [-0.2, 0) is 11.8 Å². The topological polar surface area (TPSA) is 77.1 Å². The van der Waals surface area contributed by atoms with Crippen LogP contribution >= 0.6 is 0 Å². The molecule has 1 aromatic heterocycles. The molecule has 2 amide bonds. The van der Waals surface area contributed by atoms with Crippen LogP contribution in [0.15, 0.2) is 60.8 Å². The van der Waals surface area contributed by atoms with Crippen LogP contribution in [-0.4, -0.2) is 16.4 Å². The number of hydrogen-bond acceptors (Lipinski definition) is 2. The maximum Gasteiger partial charge on any atom is 0.254 e. The van der Waals surface area contributed by atoms with E-state index in [4.69, 9.17) is 5.73 Å². The number of amides is 2. The van der Waals surface area contributed by atoms with Gasteiger partial charge in [0, 0.05) is 24.1 Å². The van der Waals surface area contributed by atoms with Crippen LogP contribution in [0.5, 0.6) is 0 Å². The molecule has 0 bridgehead atoms. The van der Waals surface area contributed by atoms with Crippen LogP contribution < -0.4 is 11.1 Å². The maximum absolute atomic E-state index is 12.6. The van der Waals surface area contributed by atoms with Gasteiger partial charge < -0.3 is 15.6 Å². The molecule has 1 atom stereocenters. The third-order valence-electron chi connectivity index (χ3n) is 3.83. The number of nitrogens with zero attached hydrogens (tertiary/aromatic N) is 1. The molecule has 2 aromatic carbocycles. The molecule has 0 unspecified atom stereocenters. The zero-order valence-corrected chi connectivity index (χ0v) is 12.7. The monoisotopic (exact) mass is 307 g/mol. The molecule has 0 saturated carbocycles. The van der Waals surface area contributed by atoms with Gasteiger partial charge in [0.25, 0.3) is 5.91 Å². The minimum absolute atomic E-state index is 0.325. The molecule has 1 heterocycles. The summed E-state index contributed by atoms with van der Waals surface area (Å²) in [7, 11) is 1.88. The molecule has 5 nitrogen and oxygen atoms in total. The van der Waals surface area contributed by atoms with Gasteiger partial charge >= 0.3 is 0 Å². The van der Waals surface area contributed by atoms with Gasteiger partial charge in [-0.05, 0) is 11.6 Å². The fraction of sp³-hybridized carbons (Fsp3) is 0.111. The van der Waals surface area contributed by atoms with Crippen LogP contribution in [0.25, 0.3) is 10.9 Å². The smallest absolute Gasteiger partial charge is 0.254 e. The third-order valence-corrected chi connectivity index (χ3v) is 3.83. The lowest BCUT2D eigenvalue weighted by Crippen LogP contribution is -2.37. The zero-order chi connectivity index (χ0) is 16.4. The molecule has 5 heteroatoms. The molecule has 23 heavy (non-hydrogen) atoms. The van der Waals surface area contributed by atoms with E-state index < -0.39 is 11.9 Å². The first-order valence-electron chi connectivity index (χ1n) is 7.27. The lowest BCUT2D eigenvalue weighted by Gasteiger charge is -2.15. The zero-order valence-electron chi connectivity index (χ0n) is 12.7. The molecule has 116 valence electrons. The molecule has 0 aliphatic heterocycles. The van der Waals surface area contributed by atoms with Gasteiger partial charge in [-0.3, -0.25) is 9.59 Å². The van der Waals surface area contributed by atoms with E-state index in [-0.39, 0.29) is 5.91 Å². The molecule has 0 radical (unpaired) electrons. The summed E-state index contributed by atoms with van der Waals surface area (Å²) < 4.78 is 1.88. The highest BCUT2D eigenvalue weighted by molar-refractivity contribution is 6.08. The normalized spacial score (nSPS) is 12.0. The van der Waals surface area contributed by atoms with Crippen LogP contribution in [0.4, 0.5) is 0 Å². The Balaban J connectivity index is 1.94. The van der Waals surface area contributed by atoms with Gasteiger partial charge in [0.05, 0.1) is 5.56 Å². The summed E-state index contributed by atoms with van der Waals surface area (Å²) in [5.41, 5.74) is 7.59. The first-order chi connectivity index (χ1) is 11.1. The van der Waals surface area contributed by atoms with Crippen molar-refractivity contribution >= 4 is 22.7 Å². The second-order valence-electron chi connectivity index (χ2n) is 5.39. The highest BCUT2D eigenvalue weighted by Gasteiger charge is 2.22. The van der Waals surface area contributed by atoms with Crippen molar-refractivity contribution in [2.75, 3.05) is 0 Å². The number of hydrogen-bond donors (Lipinski definition) is 2. The van der Waals surface area contributed by atoms with E-state index in [1.807, 2.05) is 41.9 Å². The first-order valence-corrected chi connectivity index (χ1v) is 7.27. The lowest BCUT2D eigenvalue weighted by molar-refractivity contribution is -0.120. The standard InChI is InChI=1S/C18H17N3O2/c1-21-11-14(13-9-5-6-10-15(13)21)18(23)20-16(17(19)22)12-7-3-2-4-8-12/h2-11,16H,1H3,(H2,19,22)(H,20,23)/t16-/m0/s1. The summed E-state index contributed by atoms with van der Waals surface area (Å²) in [6.45, 7) is 0. The number of fused-ring (bicyclic) bond motifs is 1. The Hall–Kier alpha value is -3.08. The van der Waals surface area contributed by atoms with E-state index in [1.165, 1.54) is 0 Å². The molecule has 3 aromatic rings. The highest BCUT2D eigenvalue weighted by Crippen LogP contribution is 2.21. The minimum atomic E-state index is -0.859. The summed E-state index contributed by atoms with van der Waals surface area (Å²) in [4.78, 5) is 24.4. The Morgan fingerprint density at radius 1 is 1.04 bits per heavy atom. The number of nitrogens with one attached hydrogen (secondary N) is 1. The summed E-state index contributed by atoms with van der Waals surface area (Å²) >= 11 is 0. The van der Waals surface area contributed by atoms with Crippen molar-refractivity contribution in [3.63, 3.8) is 0 Å². The Kier molecular flexibility index (Phi) is 3.85. The van der Waals surface area contributed by atoms with Crippen molar-refractivity contribution < 1.29 is 9.59 Å². The summed E-state index contributed by atoms with van der Waals surface area (Å²) in [6, 6.07) is 15.7. The average Bonchev–Trinajstić information content (AvgIpc) is 2.90. The molecule has 0 aliphatic rings. The summed E-state index contributed by atoms with van der Waals surface area (Å²) in [5, 5.41) is 3.56. The Bertz CT molecular complexity index is 868. The van der Waals surface area contributed by atoms with Crippen LogP contribution in [0.2, 0.25) is 0 Å². The van der Waals surface area contributed by atoms with Gasteiger partial charge in [0.2, 0.25) is 5.91 Å². The molecule has 3 N–H and O–H groups in total. The number of carbonyl (C=O) groups excluding carboxylic acids is 2. The van der Waals surface area contributed by atoms with E-state index in [2.05, 4.69) is 5.32 Å². The predicted octanol–water partition coefficient (Wildman–Crippen LogP) is 2.13. The van der Waals surface area contributed by atoms with Crippen LogP contribution in [0.3, 0.4) is 0 Å². The number of primary amides is 1. The molecule has 0 aliphatic carbocycles. The van der Waals surface area contributed by atoms with E-state index in [1.54, 1.807) is 30.5 Å². The van der Waals surface area contributed by atoms with Crippen LogP contribution in [0, 0.1) is 0 Å². The van der Waals surface area contributed by atoms with E-state index in [0.29, 0.717) is 11.1 Å². The first kappa shape index (κ1) is 14.8. The number of nitrogens with two attached hydrogens (primary N) is 1. The SMILES string of the molecule is Cn1cc(C(=O)N[C@H](C(N)=O)c2ccccc2)c2ccccc21. The number of para-hydroxylation sites is 1. The lowest BCUT2D eigenvalue weighted by atomic mass is 10.1.